The lowest BCUT2D eigenvalue weighted by Gasteiger charge is -2.23. The summed E-state index contributed by atoms with van der Waals surface area (Å²) < 4.78 is 0. The van der Waals surface area contributed by atoms with E-state index in [0.717, 1.165) is 18.2 Å². The van der Waals surface area contributed by atoms with Crippen molar-refractivity contribution in [2.75, 3.05) is 17.3 Å². The highest BCUT2D eigenvalue weighted by molar-refractivity contribution is 5.47. The molecule has 2 rings (SSSR count). The first-order chi connectivity index (χ1) is 9.44. The lowest BCUT2D eigenvalue weighted by atomic mass is 10.1. The Labute approximate surface area is 120 Å². The Kier molecular flexibility index (Phi) is 4.23. The lowest BCUT2D eigenvalue weighted by Crippen LogP contribution is -2.27. The van der Waals surface area contributed by atoms with E-state index in [2.05, 4.69) is 47.0 Å². The molecule has 4 heteroatoms. The van der Waals surface area contributed by atoms with E-state index in [4.69, 9.17) is 0 Å². The van der Waals surface area contributed by atoms with Crippen LogP contribution >= 0.6 is 0 Å². The lowest BCUT2D eigenvalue weighted by molar-refractivity contribution is 0.630. The molecule has 0 atom stereocenters. The van der Waals surface area contributed by atoms with Gasteiger partial charge in [-0.25, -0.2) is 4.98 Å². The molecule has 106 valence electrons. The molecule has 20 heavy (non-hydrogen) atoms. The predicted molar refractivity (Wildman–Crippen MR) is 84.0 cm³/mol. The van der Waals surface area contributed by atoms with Crippen LogP contribution in [0.3, 0.4) is 0 Å². The topological polar surface area (TPSA) is 41.1 Å². The molecule has 0 spiro atoms. The van der Waals surface area contributed by atoms with Crippen molar-refractivity contribution in [2.45, 2.75) is 32.9 Å². The normalized spacial score (nSPS) is 11.2. The molecule has 0 amide bonds. The van der Waals surface area contributed by atoms with Gasteiger partial charge in [-0.1, -0.05) is 12.1 Å². The Morgan fingerprint density at radius 2 is 1.95 bits per heavy atom. The molecule has 0 unspecified atom stereocenters. The summed E-state index contributed by atoms with van der Waals surface area (Å²) in [6.07, 6.45) is 3.67. The fourth-order valence-electron chi connectivity index (χ4n) is 1.94. The highest BCUT2D eigenvalue weighted by Crippen LogP contribution is 2.18. The molecular formula is C16H22N4. The number of anilines is 2. The molecule has 0 bridgehead atoms. The molecule has 0 aliphatic rings. The molecule has 2 heterocycles. The Balaban J connectivity index is 2.10. The standard InChI is InChI=1S/C16H22N4/c1-16(2,3)19-14-8-5-9-15(18-14)20(4)12-13-7-6-10-17-11-13/h5-11H,12H2,1-4H3,(H,18,19). The van der Waals surface area contributed by atoms with E-state index in [1.165, 1.54) is 5.56 Å². The third-order valence-corrected chi connectivity index (χ3v) is 2.77. The van der Waals surface area contributed by atoms with Gasteiger partial charge < -0.3 is 10.2 Å². The first-order valence-corrected chi connectivity index (χ1v) is 6.79. The van der Waals surface area contributed by atoms with E-state index >= 15 is 0 Å². The van der Waals surface area contributed by atoms with Crippen LogP contribution in [0.15, 0.2) is 42.7 Å². The van der Waals surface area contributed by atoms with Crippen molar-refractivity contribution >= 4 is 11.6 Å². The molecule has 0 aromatic carbocycles. The molecule has 0 radical (unpaired) electrons. The maximum atomic E-state index is 4.65. The van der Waals surface area contributed by atoms with Gasteiger partial charge in [0.15, 0.2) is 0 Å². The SMILES string of the molecule is CN(Cc1cccnc1)c1cccc(NC(C)(C)C)n1. The first kappa shape index (κ1) is 14.3. The van der Waals surface area contributed by atoms with Gasteiger partial charge in [-0.3, -0.25) is 4.98 Å². The number of hydrogen-bond acceptors (Lipinski definition) is 4. The van der Waals surface area contributed by atoms with Crippen molar-refractivity contribution in [1.82, 2.24) is 9.97 Å². The largest absolute Gasteiger partial charge is 0.365 e. The van der Waals surface area contributed by atoms with Crippen LogP contribution in [0.4, 0.5) is 11.6 Å². The average molecular weight is 270 g/mol. The van der Waals surface area contributed by atoms with E-state index in [1.54, 1.807) is 6.20 Å². The van der Waals surface area contributed by atoms with Crippen LogP contribution in [0.25, 0.3) is 0 Å². The molecule has 1 N–H and O–H groups in total. The highest BCUT2D eigenvalue weighted by atomic mass is 15.2. The molecule has 4 nitrogen and oxygen atoms in total. The molecule has 2 aromatic heterocycles. The maximum absolute atomic E-state index is 4.65. The molecule has 0 fully saturated rings. The van der Waals surface area contributed by atoms with Gasteiger partial charge in [0.25, 0.3) is 0 Å². The van der Waals surface area contributed by atoms with Crippen LogP contribution in [0.5, 0.6) is 0 Å². The molecule has 0 saturated carbocycles. The summed E-state index contributed by atoms with van der Waals surface area (Å²) in [5.41, 5.74) is 1.18. The van der Waals surface area contributed by atoms with Gasteiger partial charge in [-0.05, 0) is 44.5 Å². The van der Waals surface area contributed by atoms with Gasteiger partial charge in [0.05, 0.1) is 0 Å². The molecule has 0 aliphatic carbocycles. The Morgan fingerprint density at radius 1 is 1.15 bits per heavy atom. The van der Waals surface area contributed by atoms with Crippen LogP contribution in [0.1, 0.15) is 26.3 Å². The third kappa shape index (κ3) is 4.23. The van der Waals surface area contributed by atoms with E-state index in [1.807, 2.05) is 37.5 Å². The summed E-state index contributed by atoms with van der Waals surface area (Å²) in [4.78, 5) is 10.9. The van der Waals surface area contributed by atoms with Crippen LogP contribution in [-0.4, -0.2) is 22.6 Å². The van der Waals surface area contributed by atoms with Gasteiger partial charge >= 0.3 is 0 Å². The summed E-state index contributed by atoms with van der Waals surface area (Å²) in [7, 11) is 2.04. The zero-order chi connectivity index (χ0) is 14.6. The van der Waals surface area contributed by atoms with Crippen LogP contribution in [0.2, 0.25) is 0 Å². The summed E-state index contributed by atoms with van der Waals surface area (Å²) in [5, 5.41) is 3.39. The predicted octanol–water partition coefficient (Wildman–Crippen LogP) is 3.32. The fraction of sp³-hybridized carbons (Fsp3) is 0.375. The van der Waals surface area contributed by atoms with Crippen molar-refractivity contribution in [1.29, 1.82) is 0 Å². The van der Waals surface area contributed by atoms with E-state index in [9.17, 15) is 0 Å². The van der Waals surface area contributed by atoms with Crippen LogP contribution < -0.4 is 10.2 Å². The maximum Gasteiger partial charge on any atom is 0.130 e. The number of nitrogens with one attached hydrogen (secondary N) is 1. The van der Waals surface area contributed by atoms with E-state index in [-0.39, 0.29) is 5.54 Å². The van der Waals surface area contributed by atoms with Gasteiger partial charge in [-0.2, -0.15) is 0 Å². The van der Waals surface area contributed by atoms with E-state index in [0.29, 0.717) is 0 Å². The van der Waals surface area contributed by atoms with Crippen LogP contribution in [0, 0.1) is 0 Å². The quantitative estimate of drug-likeness (QED) is 0.925. The minimum atomic E-state index is 0.00748. The first-order valence-electron chi connectivity index (χ1n) is 6.79. The second-order valence-corrected chi connectivity index (χ2v) is 5.97. The third-order valence-electron chi connectivity index (χ3n) is 2.77. The van der Waals surface area contributed by atoms with Crippen molar-refractivity contribution in [3.63, 3.8) is 0 Å². The number of rotatable bonds is 4. The molecule has 2 aromatic rings. The highest BCUT2D eigenvalue weighted by Gasteiger charge is 2.11. The Hall–Kier alpha value is -2.10. The van der Waals surface area contributed by atoms with Gasteiger partial charge in [0, 0.05) is 31.5 Å². The number of pyridine rings is 2. The number of nitrogens with zero attached hydrogens (tertiary/aromatic N) is 3. The fourth-order valence-corrected chi connectivity index (χ4v) is 1.94. The average Bonchev–Trinajstić information content (AvgIpc) is 2.38. The summed E-state index contributed by atoms with van der Waals surface area (Å²) in [6, 6.07) is 10.1. The van der Waals surface area contributed by atoms with Crippen molar-refractivity contribution in [3.8, 4) is 0 Å². The zero-order valence-electron chi connectivity index (χ0n) is 12.6. The summed E-state index contributed by atoms with van der Waals surface area (Å²) in [5.74, 6) is 1.84. The number of hydrogen-bond donors (Lipinski definition) is 1. The van der Waals surface area contributed by atoms with E-state index < -0.39 is 0 Å². The summed E-state index contributed by atoms with van der Waals surface area (Å²) >= 11 is 0. The van der Waals surface area contributed by atoms with Crippen molar-refractivity contribution < 1.29 is 0 Å². The van der Waals surface area contributed by atoms with Gasteiger partial charge in [0.1, 0.15) is 11.6 Å². The minimum Gasteiger partial charge on any atom is -0.365 e. The Morgan fingerprint density at radius 3 is 2.60 bits per heavy atom. The van der Waals surface area contributed by atoms with Crippen molar-refractivity contribution in [2.24, 2.45) is 0 Å². The minimum absolute atomic E-state index is 0.00748. The molecule has 0 saturated heterocycles. The second-order valence-electron chi connectivity index (χ2n) is 5.97. The van der Waals surface area contributed by atoms with Crippen molar-refractivity contribution in [3.05, 3.63) is 48.3 Å². The second kappa shape index (κ2) is 5.90. The molecular weight excluding hydrogens is 248 g/mol. The molecule has 0 aliphatic heterocycles. The Bertz CT molecular complexity index is 546. The van der Waals surface area contributed by atoms with Gasteiger partial charge in [0.2, 0.25) is 0 Å². The summed E-state index contributed by atoms with van der Waals surface area (Å²) in [6.45, 7) is 7.17. The monoisotopic (exact) mass is 270 g/mol. The zero-order valence-corrected chi connectivity index (χ0v) is 12.6. The number of aromatic nitrogens is 2. The van der Waals surface area contributed by atoms with Crippen LogP contribution in [-0.2, 0) is 6.54 Å². The smallest absolute Gasteiger partial charge is 0.130 e. The van der Waals surface area contributed by atoms with Gasteiger partial charge in [-0.15, -0.1) is 0 Å².